The lowest BCUT2D eigenvalue weighted by atomic mass is 9.68. The van der Waals surface area contributed by atoms with E-state index in [4.69, 9.17) is 19.4 Å². The highest BCUT2D eigenvalue weighted by Gasteiger charge is 2.52. The van der Waals surface area contributed by atoms with Crippen LogP contribution < -0.4 is 0 Å². The van der Waals surface area contributed by atoms with Crippen molar-refractivity contribution < 1.29 is 4.42 Å². The summed E-state index contributed by atoms with van der Waals surface area (Å²) in [7, 11) is 0. The molecule has 3 aromatic heterocycles. The second kappa shape index (κ2) is 14.6. The van der Waals surface area contributed by atoms with Gasteiger partial charge in [0.25, 0.3) is 0 Å². The highest BCUT2D eigenvalue weighted by Crippen LogP contribution is 2.64. The average molecular weight is 896 g/mol. The molecule has 0 aliphatic heterocycles. The van der Waals surface area contributed by atoms with Crippen molar-refractivity contribution >= 4 is 53.4 Å². The average Bonchev–Trinajstić information content (AvgIpc) is 4.16. The van der Waals surface area contributed by atoms with E-state index in [1.54, 1.807) is 0 Å². The molecule has 0 N–H and O–H groups in total. The summed E-state index contributed by atoms with van der Waals surface area (Å²) in [6.07, 6.45) is 0. The molecule has 15 rings (SSSR count). The minimum absolute atomic E-state index is 0.484. The number of hydrogen-bond acceptors (Lipinski definition) is 5. The van der Waals surface area contributed by atoms with Gasteiger partial charge in [-0.3, -0.25) is 0 Å². The summed E-state index contributed by atoms with van der Waals surface area (Å²) in [5, 5.41) is 4.40. The summed E-state index contributed by atoms with van der Waals surface area (Å²) in [6.45, 7) is 0. The quantitative estimate of drug-likeness (QED) is 0.173. The number of rotatable bonds is 5. The highest BCUT2D eigenvalue weighted by molar-refractivity contribution is 7.25. The lowest BCUT2D eigenvalue weighted by Gasteiger charge is -2.32. The molecule has 0 fully saturated rings. The molecule has 10 aromatic carbocycles. The number of benzene rings is 10. The van der Waals surface area contributed by atoms with Gasteiger partial charge >= 0.3 is 0 Å². The van der Waals surface area contributed by atoms with Crippen molar-refractivity contribution in [2.75, 3.05) is 0 Å². The Morgan fingerprint density at radius 1 is 0.319 bits per heavy atom. The standard InChI is InChI=1S/C64H37N3OS/c1-2-15-38(16-3-1)39-17-12-18-41(35-39)61-65-62(42-32-34-58-50(37-42)47-22-7-11-30-57(47)69-58)67-63(66-61)49-25-14-29-56-59(49)51-36-40(31-33-55(51)68-56)43-23-13-24-48-46-21-6-10-28-54(46)64(60(43)48)52-26-8-4-19-44(52)45-20-5-9-27-53(45)64/h1-37H. The molecule has 2 aliphatic rings. The Bertz CT molecular complexity index is 4210. The van der Waals surface area contributed by atoms with E-state index in [1.807, 2.05) is 23.5 Å². The van der Waals surface area contributed by atoms with Crippen LogP contribution >= 0.6 is 11.3 Å². The molecule has 5 heteroatoms. The van der Waals surface area contributed by atoms with Gasteiger partial charge in [-0.05, 0) is 115 Å². The third-order valence-electron chi connectivity index (χ3n) is 14.6. The number of hydrogen-bond donors (Lipinski definition) is 0. The van der Waals surface area contributed by atoms with Gasteiger partial charge in [0.15, 0.2) is 17.5 Å². The molecule has 0 saturated heterocycles. The fourth-order valence-corrected chi connectivity index (χ4v) is 12.8. The van der Waals surface area contributed by atoms with Crippen molar-refractivity contribution in [1.29, 1.82) is 0 Å². The fraction of sp³-hybridized carbons (Fsp3) is 0.0156. The second-order valence-electron chi connectivity index (χ2n) is 18.2. The zero-order valence-corrected chi connectivity index (χ0v) is 37.8. The lowest BCUT2D eigenvalue weighted by molar-refractivity contribution is 0.669. The first-order chi connectivity index (χ1) is 34.2. The Morgan fingerprint density at radius 2 is 0.855 bits per heavy atom. The van der Waals surface area contributed by atoms with E-state index in [9.17, 15) is 0 Å². The van der Waals surface area contributed by atoms with Gasteiger partial charge in [0.05, 0.1) is 5.41 Å². The van der Waals surface area contributed by atoms with Crippen molar-refractivity contribution in [2.45, 2.75) is 5.41 Å². The largest absolute Gasteiger partial charge is 0.456 e. The maximum absolute atomic E-state index is 6.74. The SMILES string of the molecule is c1ccc(-c2cccc(-c3nc(-c4ccc5sc6ccccc6c5c4)nc(-c4cccc5oc6ccc(-c7cccc8c7C7(c9ccccc9-c9ccccc97)c7ccccc7-8)cc6c45)n3)c2)cc1. The number of furan rings is 1. The molecular weight excluding hydrogens is 859 g/mol. The van der Waals surface area contributed by atoms with Gasteiger partial charge in [0.1, 0.15) is 11.2 Å². The van der Waals surface area contributed by atoms with Gasteiger partial charge in [-0.1, -0.05) is 176 Å². The first kappa shape index (κ1) is 38.3. The van der Waals surface area contributed by atoms with Crippen LogP contribution in [-0.4, -0.2) is 15.0 Å². The van der Waals surface area contributed by atoms with E-state index >= 15 is 0 Å². The van der Waals surface area contributed by atoms with Gasteiger partial charge in [-0.25, -0.2) is 15.0 Å². The predicted molar refractivity (Wildman–Crippen MR) is 283 cm³/mol. The Balaban J connectivity index is 0.952. The smallest absolute Gasteiger partial charge is 0.164 e. The molecule has 0 bridgehead atoms. The maximum Gasteiger partial charge on any atom is 0.164 e. The van der Waals surface area contributed by atoms with Crippen molar-refractivity contribution in [1.82, 2.24) is 15.0 Å². The van der Waals surface area contributed by atoms with Crippen LogP contribution in [0.15, 0.2) is 229 Å². The topological polar surface area (TPSA) is 51.8 Å². The summed E-state index contributed by atoms with van der Waals surface area (Å²) in [5.74, 6) is 1.81. The third kappa shape index (κ3) is 5.53. The van der Waals surface area contributed by atoms with Gasteiger partial charge in [0, 0.05) is 47.6 Å². The van der Waals surface area contributed by atoms with Gasteiger partial charge in [-0.2, -0.15) is 0 Å². The van der Waals surface area contributed by atoms with E-state index in [0.29, 0.717) is 17.5 Å². The molecule has 1 spiro atoms. The number of nitrogens with zero attached hydrogens (tertiary/aromatic N) is 3. The minimum Gasteiger partial charge on any atom is -0.456 e. The highest BCUT2D eigenvalue weighted by atomic mass is 32.1. The van der Waals surface area contributed by atoms with E-state index < -0.39 is 5.41 Å². The molecule has 4 nitrogen and oxygen atoms in total. The molecule has 0 amide bonds. The van der Waals surface area contributed by atoms with Crippen LogP contribution in [0.3, 0.4) is 0 Å². The normalized spacial score (nSPS) is 13.0. The van der Waals surface area contributed by atoms with Crippen molar-refractivity contribution in [2.24, 2.45) is 0 Å². The van der Waals surface area contributed by atoms with Crippen LogP contribution in [0, 0.1) is 0 Å². The van der Waals surface area contributed by atoms with Crippen LogP contribution in [0.1, 0.15) is 22.3 Å². The summed E-state index contributed by atoms with van der Waals surface area (Å²) in [4.78, 5) is 16.0. The van der Waals surface area contributed by atoms with E-state index in [-0.39, 0.29) is 0 Å². The Labute approximate surface area is 401 Å². The molecule has 13 aromatic rings. The summed E-state index contributed by atoms with van der Waals surface area (Å²) in [6, 6.07) is 80.9. The van der Waals surface area contributed by atoms with Crippen LogP contribution in [0.4, 0.5) is 0 Å². The Morgan fingerprint density at radius 3 is 1.64 bits per heavy atom. The Hall–Kier alpha value is -8.77. The van der Waals surface area contributed by atoms with Crippen LogP contribution in [-0.2, 0) is 5.41 Å². The molecular formula is C64H37N3OS. The van der Waals surface area contributed by atoms with Crippen LogP contribution in [0.25, 0.3) is 121 Å². The molecule has 0 radical (unpaired) electrons. The molecule has 0 saturated carbocycles. The predicted octanol–water partition coefficient (Wildman–Crippen LogP) is 16.8. The Kier molecular flexibility index (Phi) is 8.12. The fourth-order valence-electron chi connectivity index (χ4n) is 11.7. The van der Waals surface area contributed by atoms with E-state index in [0.717, 1.165) is 55.3 Å². The van der Waals surface area contributed by atoms with Crippen molar-refractivity contribution in [3.8, 4) is 78.7 Å². The number of fused-ring (bicyclic) bond motifs is 16. The van der Waals surface area contributed by atoms with Gasteiger partial charge < -0.3 is 4.42 Å². The van der Waals surface area contributed by atoms with Crippen LogP contribution in [0.2, 0.25) is 0 Å². The molecule has 0 unspecified atom stereocenters. The van der Waals surface area contributed by atoms with E-state index in [2.05, 4.69) is 212 Å². The van der Waals surface area contributed by atoms with Gasteiger partial charge in [-0.15, -0.1) is 11.3 Å². The number of aromatic nitrogens is 3. The third-order valence-corrected chi connectivity index (χ3v) is 15.7. The maximum atomic E-state index is 6.74. The minimum atomic E-state index is -0.484. The summed E-state index contributed by atoms with van der Waals surface area (Å²) >= 11 is 1.81. The molecule has 0 atom stereocenters. The molecule has 69 heavy (non-hydrogen) atoms. The van der Waals surface area contributed by atoms with Gasteiger partial charge in [0.2, 0.25) is 0 Å². The first-order valence-corrected chi connectivity index (χ1v) is 24.2. The number of thiophene rings is 1. The molecule has 3 heterocycles. The zero-order chi connectivity index (χ0) is 45.2. The zero-order valence-electron chi connectivity index (χ0n) is 37.0. The monoisotopic (exact) mass is 895 g/mol. The second-order valence-corrected chi connectivity index (χ2v) is 19.3. The summed E-state index contributed by atoms with van der Waals surface area (Å²) < 4.78 is 9.23. The van der Waals surface area contributed by atoms with E-state index in [1.165, 1.54) is 70.2 Å². The van der Waals surface area contributed by atoms with Crippen LogP contribution in [0.5, 0.6) is 0 Å². The van der Waals surface area contributed by atoms with Crippen molar-refractivity contribution in [3.05, 3.63) is 247 Å². The molecule has 320 valence electrons. The lowest BCUT2D eigenvalue weighted by Crippen LogP contribution is -2.26. The van der Waals surface area contributed by atoms with Crippen molar-refractivity contribution in [3.63, 3.8) is 0 Å². The first-order valence-electron chi connectivity index (χ1n) is 23.4. The summed E-state index contributed by atoms with van der Waals surface area (Å²) in [5.41, 5.74) is 18.8. The molecule has 2 aliphatic carbocycles.